The van der Waals surface area contributed by atoms with Crippen molar-refractivity contribution in [3.8, 4) is 11.4 Å². The van der Waals surface area contributed by atoms with Crippen molar-refractivity contribution in [2.75, 3.05) is 5.73 Å². The average Bonchev–Trinajstić information content (AvgIpc) is 2.69. The Labute approximate surface area is 179 Å². The SMILES string of the molecule is Nc1c(C(F)(F)F)nc(-c2cc(C(F)(F)F)ccc2C(F)(F)F)n(Cc2ccccc2)c1=O. The molecule has 0 aliphatic heterocycles. The third-order valence-corrected chi connectivity index (χ3v) is 4.55. The maximum absolute atomic E-state index is 13.6. The number of nitrogens with zero attached hydrogens (tertiary/aromatic N) is 2. The number of rotatable bonds is 3. The number of nitrogen functional groups attached to an aromatic ring is 1. The van der Waals surface area contributed by atoms with E-state index in [0.29, 0.717) is 4.57 Å². The van der Waals surface area contributed by atoms with E-state index in [4.69, 9.17) is 5.73 Å². The molecule has 33 heavy (non-hydrogen) atoms. The van der Waals surface area contributed by atoms with E-state index in [1.807, 2.05) is 0 Å². The van der Waals surface area contributed by atoms with Crippen LogP contribution >= 0.6 is 0 Å². The Morgan fingerprint density at radius 3 is 1.94 bits per heavy atom. The molecule has 0 bridgehead atoms. The van der Waals surface area contributed by atoms with Gasteiger partial charge in [0.25, 0.3) is 5.56 Å². The van der Waals surface area contributed by atoms with Gasteiger partial charge < -0.3 is 5.73 Å². The van der Waals surface area contributed by atoms with Gasteiger partial charge in [0.05, 0.1) is 17.7 Å². The molecule has 2 N–H and O–H groups in total. The smallest absolute Gasteiger partial charge is 0.392 e. The minimum Gasteiger partial charge on any atom is -0.392 e. The van der Waals surface area contributed by atoms with Gasteiger partial charge in [0, 0.05) is 5.56 Å². The Hall–Kier alpha value is -3.51. The highest BCUT2D eigenvalue weighted by Gasteiger charge is 2.41. The van der Waals surface area contributed by atoms with E-state index in [2.05, 4.69) is 4.98 Å². The minimum atomic E-state index is -5.36. The van der Waals surface area contributed by atoms with Crippen molar-refractivity contribution in [2.24, 2.45) is 0 Å². The molecule has 3 rings (SSSR count). The van der Waals surface area contributed by atoms with Gasteiger partial charge in [-0.3, -0.25) is 9.36 Å². The van der Waals surface area contributed by atoms with Crippen LogP contribution in [-0.4, -0.2) is 9.55 Å². The summed E-state index contributed by atoms with van der Waals surface area (Å²) >= 11 is 0. The van der Waals surface area contributed by atoms with Crippen LogP contribution in [0.25, 0.3) is 11.4 Å². The number of aromatic nitrogens is 2. The monoisotopic (exact) mass is 481 g/mol. The highest BCUT2D eigenvalue weighted by Crippen LogP contribution is 2.41. The van der Waals surface area contributed by atoms with E-state index in [1.54, 1.807) is 6.07 Å². The van der Waals surface area contributed by atoms with Gasteiger partial charge in [0.1, 0.15) is 11.5 Å². The zero-order chi connectivity index (χ0) is 24.8. The molecule has 0 atom stereocenters. The van der Waals surface area contributed by atoms with Crippen LogP contribution in [0.15, 0.2) is 53.3 Å². The Morgan fingerprint density at radius 1 is 0.818 bits per heavy atom. The van der Waals surface area contributed by atoms with E-state index < -0.39 is 64.5 Å². The molecule has 0 unspecified atom stereocenters. The molecule has 13 heteroatoms. The van der Waals surface area contributed by atoms with Crippen molar-refractivity contribution in [1.29, 1.82) is 0 Å². The van der Waals surface area contributed by atoms with Gasteiger partial charge in [-0.15, -0.1) is 0 Å². The lowest BCUT2D eigenvalue weighted by Gasteiger charge is -2.20. The second-order valence-electron chi connectivity index (χ2n) is 6.83. The van der Waals surface area contributed by atoms with Gasteiger partial charge in [0.15, 0.2) is 5.69 Å². The minimum absolute atomic E-state index is 0.00242. The second-order valence-corrected chi connectivity index (χ2v) is 6.83. The Balaban J connectivity index is 2.44. The maximum Gasteiger partial charge on any atom is 0.435 e. The highest BCUT2D eigenvalue weighted by molar-refractivity contribution is 5.65. The first-order valence-corrected chi connectivity index (χ1v) is 8.91. The van der Waals surface area contributed by atoms with Crippen LogP contribution in [0.5, 0.6) is 0 Å². The number of hydrogen-bond donors (Lipinski definition) is 1. The van der Waals surface area contributed by atoms with Crippen molar-refractivity contribution in [2.45, 2.75) is 25.1 Å². The van der Waals surface area contributed by atoms with E-state index in [-0.39, 0.29) is 23.8 Å². The number of hydrogen-bond acceptors (Lipinski definition) is 3. The topological polar surface area (TPSA) is 60.9 Å². The summed E-state index contributed by atoms with van der Waals surface area (Å²) in [6.45, 7) is -0.599. The second kappa shape index (κ2) is 8.12. The molecule has 0 aliphatic rings. The van der Waals surface area contributed by atoms with Crippen molar-refractivity contribution < 1.29 is 39.5 Å². The molecule has 1 heterocycles. The lowest BCUT2D eigenvalue weighted by molar-refractivity contribution is -0.141. The van der Waals surface area contributed by atoms with Gasteiger partial charge in [-0.2, -0.15) is 39.5 Å². The van der Waals surface area contributed by atoms with Gasteiger partial charge in [0.2, 0.25) is 0 Å². The quantitative estimate of drug-likeness (QED) is 0.496. The third kappa shape index (κ3) is 4.96. The first-order chi connectivity index (χ1) is 15.1. The van der Waals surface area contributed by atoms with Crippen LogP contribution in [0, 0.1) is 0 Å². The van der Waals surface area contributed by atoms with E-state index in [1.165, 1.54) is 24.3 Å². The molecular formula is C20H12F9N3O. The number of benzene rings is 2. The summed E-state index contributed by atoms with van der Waals surface area (Å²) in [5.41, 5.74) is -4.06. The predicted octanol–water partition coefficient (Wildman–Crippen LogP) is 5.60. The number of halogens is 9. The molecule has 0 aliphatic carbocycles. The lowest BCUT2D eigenvalue weighted by Crippen LogP contribution is -2.31. The fraction of sp³-hybridized carbons (Fsp3) is 0.200. The van der Waals surface area contributed by atoms with Gasteiger partial charge in [-0.25, -0.2) is 4.98 Å². The van der Waals surface area contributed by atoms with Crippen molar-refractivity contribution in [3.05, 3.63) is 81.3 Å². The van der Waals surface area contributed by atoms with Crippen LogP contribution in [-0.2, 0) is 25.1 Å². The van der Waals surface area contributed by atoms with Crippen LogP contribution in [0.2, 0.25) is 0 Å². The standard InChI is InChI=1S/C20H12F9N3O/c21-18(22,23)11-6-7-13(19(24,25)26)12(8-11)16-31-15(20(27,28)29)14(30)17(33)32(16)9-10-4-2-1-3-5-10/h1-8H,9,30H2. The molecule has 0 fully saturated rings. The normalized spacial score (nSPS) is 12.8. The molecule has 0 saturated heterocycles. The summed E-state index contributed by atoms with van der Waals surface area (Å²) < 4.78 is 121. The predicted molar refractivity (Wildman–Crippen MR) is 98.9 cm³/mol. The zero-order valence-corrected chi connectivity index (χ0v) is 16.1. The van der Waals surface area contributed by atoms with E-state index in [0.717, 1.165) is 0 Å². The first kappa shape index (κ1) is 24.1. The molecule has 2 aromatic carbocycles. The largest absolute Gasteiger partial charge is 0.435 e. The van der Waals surface area contributed by atoms with Gasteiger partial charge in [-0.1, -0.05) is 30.3 Å². The van der Waals surface area contributed by atoms with Crippen molar-refractivity contribution >= 4 is 5.69 Å². The fourth-order valence-corrected chi connectivity index (χ4v) is 3.06. The Morgan fingerprint density at radius 2 is 1.42 bits per heavy atom. The maximum atomic E-state index is 13.6. The van der Waals surface area contributed by atoms with Gasteiger partial charge in [-0.05, 0) is 23.8 Å². The molecule has 0 saturated carbocycles. The Kier molecular flexibility index (Phi) is 5.94. The van der Waals surface area contributed by atoms with Crippen LogP contribution < -0.4 is 11.3 Å². The summed E-state index contributed by atoms with van der Waals surface area (Å²) in [5.74, 6) is -1.26. The summed E-state index contributed by atoms with van der Waals surface area (Å²) in [6.07, 6.45) is -15.7. The molecule has 3 aromatic rings. The number of nitrogens with two attached hydrogens (primary N) is 1. The molecule has 4 nitrogen and oxygen atoms in total. The van der Waals surface area contributed by atoms with Crippen LogP contribution in [0.4, 0.5) is 45.2 Å². The fourth-order valence-electron chi connectivity index (χ4n) is 3.06. The summed E-state index contributed by atoms with van der Waals surface area (Å²) in [5, 5.41) is 0. The summed E-state index contributed by atoms with van der Waals surface area (Å²) in [4.78, 5) is 15.8. The lowest BCUT2D eigenvalue weighted by atomic mass is 10.0. The molecule has 0 spiro atoms. The van der Waals surface area contributed by atoms with Crippen molar-refractivity contribution in [3.63, 3.8) is 0 Å². The molecule has 0 amide bonds. The number of alkyl halides is 9. The van der Waals surface area contributed by atoms with E-state index >= 15 is 0 Å². The summed E-state index contributed by atoms with van der Waals surface area (Å²) in [7, 11) is 0. The Bertz CT molecular complexity index is 1230. The van der Waals surface area contributed by atoms with E-state index in [9.17, 15) is 44.3 Å². The number of anilines is 1. The van der Waals surface area contributed by atoms with Crippen LogP contribution in [0.1, 0.15) is 22.4 Å². The summed E-state index contributed by atoms with van der Waals surface area (Å²) in [6, 6.07) is 7.53. The zero-order valence-electron chi connectivity index (χ0n) is 16.1. The highest BCUT2D eigenvalue weighted by atomic mass is 19.4. The van der Waals surface area contributed by atoms with Crippen molar-refractivity contribution in [1.82, 2.24) is 9.55 Å². The van der Waals surface area contributed by atoms with Gasteiger partial charge >= 0.3 is 18.5 Å². The molecule has 0 radical (unpaired) electrons. The molecule has 176 valence electrons. The van der Waals surface area contributed by atoms with Crippen LogP contribution in [0.3, 0.4) is 0 Å². The average molecular weight is 481 g/mol. The molecule has 1 aromatic heterocycles. The first-order valence-electron chi connectivity index (χ1n) is 8.91. The molecular weight excluding hydrogens is 469 g/mol. The third-order valence-electron chi connectivity index (χ3n) is 4.55.